The molecule has 2 nitrogen and oxygen atoms in total. The molecule has 1 amide bonds. The summed E-state index contributed by atoms with van der Waals surface area (Å²) in [5.41, 5.74) is -1.96. The van der Waals surface area contributed by atoms with Gasteiger partial charge in [-0.1, -0.05) is 44.0 Å². The summed E-state index contributed by atoms with van der Waals surface area (Å²) in [6, 6.07) is 4.73. The third-order valence-electron chi connectivity index (χ3n) is 2.48. The van der Waals surface area contributed by atoms with Crippen molar-refractivity contribution in [3.63, 3.8) is 0 Å². The van der Waals surface area contributed by atoms with E-state index in [2.05, 4.69) is 37.2 Å². The minimum atomic E-state index is -4.55. The van der Waals surface area contributed by atoms with Crippen LogP contribution < -0.4 is 5.32 Å². The molecule has 7 heteroatoms. The number of nitrogens with one attached hydrogen (secondary N) is 1. The van der Waals surface area contributed by atoms with Crippen LogP contribution in [0.3, 0.4) is 0 Å². The Balaban J connectivity index is 3.08. The third kappa shape index (κ3) is 4.21. The molecule has 19 heavy (non-hydrogen) atoms. The van der Waals surface area contributed by atoms with Crippen molar-refractivity contribution in [2.24, 2.45) is 0 Å². The van der Waals surface area contributed by atoms with Gasteiger partial charge in [0.05, 0.1) is 16.7 Å². The number of hydrogen-bond donors (Lipinski definition) is 1. The molecule has 0 fully saturated rings. The standard InChI is InChI=1S/C12H12Br2F3NO/c1-11(6-13,7-14)18-10(19)8-4-2-3-5-9(8)12(15,16)17/h2-5H,6-7H2,1H3,(H,18,19). The van der Waals surface area contributed by atoms with Gasteiger partial charge in [0.1, 0.15) is 0 Å². The first-order valence-corrected chi connectivity index (χ1v) is 7.58. The summed E-state index contributed by atoms with van der Waals surface area (Å²) in [6.07, 6.45) is -4.55. The van der Waals surface area contributed by atoms with Gasteiger partial charge in [-0.05, 0) is 19.1 Å². The SMILES string of the molecule is CC(CBr)(CBr)NC(=O)c1ccccc1C(F)(F)F. The molecule has 0 aliphatic rings. The Kier molecular flexibility index (Phi) is 5.43. The van der Waals surface area contributed by atoms with E-state index in [0.717, 1.165) is 6.07 Å². The molecule has 0 heterocycles. The van der Waals surface area contributed by atoms with Crippen molar-refractivity contribution in [3.8, 4) is 0 Å². The van der Waals surface area contributed by atoms with Crippen molar-refractivity contribution >= 4 is 37.8 Å². The highest BCUT2D eigenvalue weighted by molar-refractivity contribution is 9.09. The number of alkyl halides is 5. The van der Waals surface area contributed by atoms with Crippen LogP contribution in [0.2, 0.25) is 0 Å². The van der Waals surface area contributed by atoms with E-state index in [1.165, 1.54) is 18.2 Å². The summed E-state index contributed by atoms with van der Waals surface area (Å²) in [6.45, 7) is 1.73. The molecule has 0 aromatic heterocycles. The van der Waals surface area contributed by atoms with Crippen molar-refractivity contribution in [1.82, 2.24) is 5.32 Å². The molecule has 0 radical (unpaired) electrons. The van der Waals surface area contributed by atoms with E-state index in [1.807, 2.05) is 0 Å². The van der Waals surface area contributed by atoms with E-state index in [0.29, 0.717) is 10.7 Å². The molecule has 0 bridgehead atoms. The normalized spacial score (nSPS) is 12.3. The molecule has 0 unspecified atom stereocenters. The first kappa shape index (κ1) is 16.5. The van der Waals surface area contributed by atoms with E-state index in [-0.39, 0.29) is 5.56 Å². The number of amides is 1. The lowest BCUT2D eigenvalue weighted by Crippen LogP contribution is -2.49. The molecular weight excluding hydrogens is 391 g/mol. The maximum absolute atomic E-state index is 12.8. The van der Waals surface area contributed by atoms with E-state index in [1.54, 1.807) is 6.92 Å². The number of rotatable bonds is 4. The van der Waals surface area contributed by atoms with Crippen LogP contribution in [0.4, 0.5) is 13.2 Å². The molecule has 0 saturated carbocycles. The lowest BCUT2D eigenvalue weighted by atomic mass is 10.0. The van der Waals surface area contributed by atoms with Crippen LogP contribution in [0.1, 0.15) is 22.8 Å². The van der Waals surface area contributed by atoms with Gasteiger partial charge < -0.3 is 5.32 Å². The second-order valence-electron chi connectivity index (χ2n) is 4.33. The van der Waals surface area contributed by atoms with Crippen LogP contribution in [0.15, 0.2) is 24.3 Å². The molecule has 106 valence electrons. The highest BCUT2D eigenvalue weighted by atomic mass is 79.9. The van der Waals surface area contributed by atoms with E-state index < -0.39 is 23.2 Å². The fourth-order valence-electron chi connectivity index (χ4n) is 1.37. The Morgan fingerprint density at radius 3 is 2.21 bits per heavy atom. The molecule has 0 spiro atoms. The Morgan fingerprint density at radius 1 is 1.21 bits per heavy atom. The van der Waals surface area contributed by atoms with Crippen LogP contribution in [0, 0.1) is 0 Å². The van der Waals surface area contributed by atoms with Crippen LogP contribution in [0.5, 0.6) is 0 Å². The van der Waals surface area contributed by atoms with Gasteiger partial charge in [0.15, 0.2) is 0 Å². The summed E-state index contributed by atoms with van der Waals surface area (Å²) in [5, 5.41) is 3.43. The molecular formula is C12H12Br2F3NO. The maximum atomic E-state index is 12.8. The monoisotopic (exact) mass is 401 g/mol. The van der Waals surface area contributed by atoms with E-state index >= 15 is 0 Å². The number of carbonyl (C=O) groups is 1. The average molecular weight is 403 g/mol. The maximum Gasteiger partial charge on any atom is 0.417 e. The van der Waals surface area contributed by atoms with Crippen molar-refractivity contribution < 1.29 is 18.0 Å². The average Bonchev–Trinajstić information content (AvgIpc) is 2.37. The summed E-state index contributed by atoms with van der Waals surface area (Å²) < 4.78 is 38.4. The lowest BCUT2D eigenvalue weighted by Gasteiger charge is -2.27. The zero-order chi connectivity index (χ0) is 14.7. The van der Waals surface area contributed by atoms with Crippen molar-refractivity contribution in [1.29, 1.82) is 0 Å². The summed E-state index contributed by atoms with van der Waals surface area (Å²) in [5.74, 6) is -0.741. The minimum absolute atomic E-state index is 0.372. The van der Waals surface area contributed by atoms with Gasteiger partial charge in [0.2, 0.25) is 0 Å². The first-order valence-electron chi connectivity index (χ1n) is 5.34. The van der Waals surface area contributed by atoms with Crippen LogP contribution in [0.25, 0.3) is 0 Å². The fraction of sp³-hybridized carbons (Fsp3) is 0.417. The zero-order valence-electron chi connectivity index (χ0n) is 10.0. The molecule has 1 N–H and O–H groups in total. The van der Waals surface area contributed by atoms with Crippen molar-refractivity contribution in [3.05, 3.63) is 35.4 Å². The Labute approximate surface area is 126 Å². The predicted octanol–water partition coefficient (Wildman–Crippen LogP) is 3.98. The molecule has 0 aliphatic heterocycles. The zero-order valence-corrected chi connectivity index (χ0v) is 13.2. The van der Waals surface area contributed by atoms with Gasteiger partial charge in [-0.25, -0.2) is 0 Å². The summed E-state index contributed by atoms with van der Waals surface area (Å²) in [7, 11) is 0. The molecule has 1 aromatic rings. The Hall–Kier alpha value is -0.560. The predicted molar refractivity (Wildman–Crippen MR) is 74.9 cm³/mol. The smallest absolute Gasteiger partial charge is 0.345 e. The van der Waals surface area contributed by atoms with Crippen LogP contribution >= 0.6 is 31.9 Å². The number of hydrogen-bond acceptors (Lipinski definition) is 1. The number of carbonyl (C=O) groups excluding carboxylic acids is 1. The fourth-order valence-corrected chi connectivity index (χ4v) is 2.58. The molecule has 1 rings (SSSR count). The first-order chi connectivity index (χ1) is 8.73. The Bertz CT molecular complexity index is 459. The second-order valence-corrected chi connectivity index (χ2v) is 5.45. The largest absolute Gasteiger partial charge is 0.417 e. The summed E-state index contributed by atoms with van der Waals surface area (Å²) in [4.78, 5) is 12.0. The second kappa shape index (κ2) is 6.26. The van der Waals surface area contributed by atoms with Gasteiger partial charge in [-0.15, -0.1) is 0 Å². The van der Waals surface area contributed by atoms with Crippen molar-refractivity contribution in [2.75, 3.05) is 10.7 Å². The number of halogens is 5. The minimum Gasteiger partial charge on any atom is -0.345 e. The molecule has 1 aromatic carbocycles. The van der Waals surface area contributed by atoms with Crippen LogP contribution in [-0.2, 0) is 6.18 Å². The van der Waals surface area contributed by atoms with Crippen molar-refractivity contribution in [2.45, 2.75) is 18.6 Å². The van der Waals surface area contributed by atoms with Gasteiger partial charge in [0.25, 0.3) is 5.91 Å². The van der Waals surface area contributed by atoms with Crippen LogP contribution in [-0.4, -0.2) is 22.1 Å². The lowest BCUT2D eigenvalue weighted by molar-refractivity contribution is -0.137. The molecule has 0 atom stereocenters. The topological polar surface area (TPSA) is 29.1 Å². The van der Waals surface area contributed by atoms with Gasteiger partial charge in [0, 0.05) is 10.7 Å². The van der Waals surface area contributed by atoms with Gasteiger partial charge in [-0.2, -0.15) is 13.2 Å². The summed E-state index contributed by atoms with van der Waals surface area (Å²) >= 11 is 6.45. The highest BCUT2D eigenvalue weighted by Gasteiger charge is 2.36. The third-order valence-corrected chi connectivity index (χ3v) is 4.96. The van der Waals surface area contributed by atoms with Gasteiger partial charge >= 0.3 is 6.18 Å². The van der Waals surface area contributed by atoms with Gasteiger partial charge in [-0.3, -0.25) is 4.79 Å². The van der Waals surface area contributed by atoms with E-state index in [4.69, 9.17) is 0 Å². The molecule has 0 saturated heterocycles. The highest BCUT2D eigenvalue weighted by Crippen LogP contribution is 2.32. The quantitative estimate of drug-likeness (QED) is 0.758. The molecule has 0 aliphatic carbocycles. The Morgan fingerprint density at radius 2 is 1.74 bits per heavy atom. The number of benzene rings is 1. The van der Waals surface area contributed by atoms with E-state index in [9.17, 15) is 18.0 Å².